The van der Waals surface area contributed by atoms with Gasteiger partial charge in [0.25, 0.3) is 0 Å². The molecule has 2 fully saturated rings. The van der Waals surface area contributed by atoms with E-state index in [9.17, 15) is 0 Å². The summed E-state index contributed by atoms with van der Waals surface area (Å²) in [5.41, 5.74) is 0.788. The standard InChI is InChI=1S/C7H14N2/c8-9-5-3-7(1-2-7)4-6-9/h1-6,8H2. The zero-order valence-corrected chi connectivity index (χ0v) is 5.77. The van der Waals surface area contributed by atoms with Gasteiger partial charge in [-0.2, -0.15) is 0 Å². The van der Waals surface area contributed by atoms with E-state index < -0.39 is 0 Å². The zero-order chi connectivity index (χ0) is 6.32. The Kier molecular flexibility index (Phi) is 1.08. The summed E-state index contributed by atoms with van der Waals surface area (Å²) >= 11 is 0. The van der Waals surface area contributed by atoms with Crippen LogP contribution in [0.25, 0.3) is 0 Å². The fourth-order valence-electron chi connectivity index (χ4n) is 1.68. The van der Waals surface area contributed by atoms with Crippen LogP contribution in [0.3, 0.4) is 0 Å². The molecule has 2 N–H and O–H groups in total. The molecule has 52 valence electrons. The summed E-state index contributed by atoms with van der Waals surface area (Å²) in [7, 11) is 0. The fourth-order valence-corrected chi connectivity index (χ4v) is 1.68. The highest BCUT2D eigenvalue weighted by atomic mass is 15.4. The molecule has 0 atom stereocenters. The van der Waals surface area contributed by atoms with Crippen molar-refractivity contribution >= 4 is 0 Å². The van der Waals surface area contributed by atoms with Crippen LogP contribution in [0.1, 0.15) is 25.7 Å². The molecule has 1 aliphatic heterocycles. The molecule has 1 heterocycles. The Hall–Kier alpha value is -0.0800. The molecule has 1 aliphatic carbocycles. The maximum Gasteiger partial charge on any atom is 0.0133 e. The molecule has 0 amide bonds. The molecule has 0 radical (unpaired) electrons. The summed E-state index contributed by atoms with van der Waals surface area (Å²) in [6, 6.07) is 0. The lowest BCUT2D eigenvalue weighted by molar-refractivity contribution is 0.176. The Morgan fingerprint density at radius 2 is 1.56 bits per heavy atom. The van der Waals surface area contributed by atoms with E-state index in [1.54, 1.807) is 0 Å². The van der Waals surface area contributed by atoms with E-state index in [4.69, 9.17) is 5.84 Å². The molecule has 0 bridgehead atoms. The molecule has 1 spiro atoms. The predicted octanol–water partition coefficient (Wildman–Crippen LogP) is 0.736. The first kappa shape index (κ1) is 5.69. The summed E-state index contributed by atoms with van der Waals surface area (Å²) in [4.78, 5) is 0. The molecular weight excluding hydrogens is 112 g/mol. The Morgan fingerprint density at radius 1 is 1.00 bits per heavy atom. The second kappa shape index (κ2) is 1.70. The van der Waals surface area contributed by atoms with E-state index >= 15 is 0 Å². The first-order valence-corrected chi connectivity index (χ1v) is 3.80. The van der Waals surface area contributed by atoms with E-state index in [2.05, 4.69) is 0 Å². The molecule has 0 aromatic rings. The average molecular weight is 126 g/mol. The van der Waals surface area contributed by atoms with Gasteiger partial charge in [0, 0.05) is 13.1 Å². The number of nitrogens with two attached hydrogens (primary N) is 1. The van der Waals surface area contributed by atoms with Gasteiger partial charge in [0.05, 0.1) is 0 Å². The number of rotatable bonds is 0. The van der Waals surface area contributed by atoms with Gasteiger partial charge < -0.3 is 0 Å². The van der Waals surface area contributed by atoms with Crippen molar-refractivity contribution in [3.63, 3.8) is 0 Å². The number of piperidine rings is 1. The summed E-state index contributed by atoms with van der Waals surface area (Å²) in [5, 5.41) is 1.95. The monoisotopic (exact) mass is 126 g/mol. The lowest BCUT2D eigenvalue weighted by Crippen LogP contribution is -2.39. The van der Waals surface area contributed by atoms with Crippen LogP contribution in [0.15, 0.2) is 0 Å². The normalized spacial score (nSPS) is 33.0. The third-order valence-corrected chi connectivity index (χ3v) is 2.82. The van der Waals surface area contributed by atoms with Gasteiger partial charge in [-0.1, -0.05) is 0 Å². The Bertz CT molecular complexity index is 108. The summed E-state index contributed by atoms with van der Waals surface area (Å²) in [5.74, 6) is 5.62. The van der Waals surface area contributed by atoms with Gasteiger partial charge in [-0.25, -0.2) is 5.01 Å². The number of hydrogen-bond acceptors (Lipinski definition) is 2. The zero-order valence-electron chi connectivity index (χ0n) is 5.77. The molecule has 9 heavy (non-hydrogen) atoms. The van der Waals surface area contributed by atoms with Crippen LogP contribution in [0.2, 0.25) is 0 Å². The van der Waals surface area contributed by atoms with Crippen LogP contribution in [0, 0.1) is 5.41 Å². The predicted molar refractivity (Wildman–Crippen MR) is 36.7 cm³/mol. The molecule has 2 rings (SSSR count). The van der Waals surface area contributed by atoms with E-state index in [-0.39, 0.29) is 0 Å². The number of hydrogen-bond donors (Lipinski definition) is 1. The first-order chi connectivity index (χ1) is 4.31. The van der Waals surface area contributed by atoms with Gasteiger partial charge in [-0.15, -0.1) is 0 Å². The van der Waals surface area contributed by atoms with Crippen molar-refractivity contribution in [1.29, 1.82) is 0 Å². The Balaban J connectivity index is 1.91. The average Bonchev–Trinajstić information content (AvgIpc) is 2.60. The third-order valence-electron chi connectivity index (χ3n) is 2.82. The highest BCUT2D eigenvalue weighted by Gasteiger charge is 2.43. The van der Waals surface area contributed by atoms with Crippen LogP contribution in [0.5, 0.6) is 0 Å². The van der Waals surface area contributed by atoms with Gasteiger partial charge in [0.15, 0.2) is 0 Å². The maximum atomic E-state index is 5.62. The third kappa shape index (κ3) is 0.970. The smallest absolute Gasteiger partial charge is 0.0133 e. The summed E-state index contributed by atoms with van der Waals surface area (Å²) < 4.78 is 0. The molecule has 0 unspecified atom stereocenters. The van der Waals surface area contributed by atoms with Crippen molar-refractivity contribution in [2.24, 2.45) is 11.3 Å². The fraction of sp³-hybridized carbons (Fsp3) is 1.00. The molecule has 2 nitrogen and oxygen atoms in total. The molecule has 2 heteroatoms. The first-order valence-electron chi connectivity index (χ1n) is 3.80. The second-order valence-corrected chi connectivity index (χ2v) is 3.54. The quantitative estimate of drug-likeness (QED) is 0.485. The SMILES string of the molecule is NN1CCC2(CC1)CC2. The van der Waals surface area contributed by atoms with Crippen molar-refractivity contribution in [2.45, 2.75) is 25.7 Å². The maximum absolute atomic E-state index is 5.62. The van der Waals surface area contributed by atoms with Crippen LogP contribution >= 0.6 is 0 Å². The Labute approximate surface area is 56.0 Å². The molecule has 1 saturated heterocycles. The molecule has 2 aliphatic rings. The van der Waals surface area contributed by atoms with E-state index in [0.29, 0.717) is 0 Å². The van der Waals surface area contributed by atoms with Crippen molar-refractivity contribution in [3.8, 4) is 0 Å². The molecule has 0 aromatic carbocycles. The number of nitrogens with zero attached hydrogens (tertiary/aromatic N) is 1. The van der Waals surface area contributed by atoms with Crippen LogP contribution < -0.4 is 5.84 Å². The highest BCUT2D eigenvalue weighted by molar-refractivity contribution is 4.95. The molecular formula is C7H14N2. The van der Waals surface area contributed by atoms with Gasteiger partial charge in [0.1, 0.15) is 0 Å². The van der Waals surface area contributed by atoms with E-state index in [1.165, 1.54) is 25.7 Å². The molecule has 0 aromatic heterocycles. The summed E-state index contributed by atoms with van der Waals surface area (Å²) in [6.45, 7) is 2.25. The van der Waals surface area contributed by atoms with Crippen molar-refractivity contribution in [2.75, 3.05) is 13.1 Å². The van der Waals surface area contributed by atoms with Gasteiger partial charge in [0.2, 0.25) is 0 Å². The van der Waals surface area contributed by atoms with Gasteiger partial charge in [-0.3, -0.25) is 5.84 Å². The lowest BCUT2D eigenvalue weighted by Gasteiger charge is -2.28. The highest BCUT2D eigenvalue weighted by Crippen LogP contribution is 2.53. The van der Waals surface area contributed by atoms with Crippen molar-refractivity contribution < 1.29 is 0 Å². The van der Waals surface area contributed by atoms with Crippen LogP contribution in [0.4, 0.5) is 0 Å². The van der Waals surface area contributed by atoms with E-state index in [0.717, 1.165) is 18.5 Å². The number of hydrazine groups is 1. The Morgan fingerprint density at radius 3 is 2.00 bits per heavy atom. The van der Waals surface area contributed by atoms with E-state index in [1.807, 2.05) is 5.01 Å². The minimum Gasteiger partial charge on any atom is -0.269 e. The minimum atomic E-state index is 0.788. The van der Waals surface area contributed by atoms with Crippen molar-refractivity contribution in [3.05, 3.63) is 0 Å². The van der Waals surface area contributed by atoms with Crippen molar-refractivity contribution in [1.82, 2.24) is 5.01 Å². The lowest BCUT2D eigenvalue weighted by atomic mass is 9.95. The van der Waals surface area contributed by atoms with Gasteiger partial charge in [-0.05, 0) is 31.1 Å². The van der Waals surface area contributed by atoms with Crippen LogP contribution in [-0.4, -0.2) is 18.1 Å². The van der Waals surface area contributed by atoms with Crippen LogP contribution in [-0.2, 0) is 0 Å². The topological polar surface area (TPSA) is 29.3 Å². The molecule has 1 saturated carbocycles. The minimum absolute atomic E-state index is 0.788. The second-order valence-electron chi connectivity index (χ2n) is 3.54. The van der Waals surface area contributed by atoms with Gasteiger partial charge >= 0.3 is 0 Å². The summed E-state index contributed by atoms with van der Waals surface area (Å²) in [6.07, 6.45) is 5.65. The largest absolute Gasteiger partial charge is 0.269 e.